The summed E-state index contributed by atoms with van der Waals surface area (Å²) in [6.45, 7) is 3.13. The molecule has 6 rings (SSSR count). The summed E-state index contributed by atoms with van der Waals surface area (Å²) in [5.74, 6) is -0.380. The van der Waals surface area contributed by atoms with Gasteiger partial charge in [0.05, 0.1) is 35.2 Å². The lowest BCUT2D eigenvalue weighted by Gasteiger charge is -2.20. The van der Waals surface area contributed by atoms with Crippen LogP contribution in [0.2, 0.25) is 0 Å². The van der Waals surface area contributed by atoms with Crippen molar-refractivity contribution in [3.8, 4) is 16.8 Å². The summed E-state index contributed by atoms with van der Waals surface area (Å²) in [6.07, 6.45) is 4.73. The Morgan fingerprint density at radius 3 is 2.67 bits per heavy atom. The van der Waals surface area contributed by atoms with E-state index in [1.807, 2.05) is 50.2 Å². The number of aryl methyl sites for hydroxylation is 1. The van der Waals surface area contributed by atoms with Crippen molar-refractivity contribution in [3.05, 3.63) is 101 Å². The number of nitrogens with zero attached hydrogens (tertiary/aromatic N) is 5. The maximum atomic E-state index is 14.7. The van der Waals surface area contributed by atoms with Gasteiger partial charge >= 0.3 is 0 Å². The third-order valence-electron chi connectivity index (χ3n) is 6.98. The van der Waals surface area contributed by atoms with Gasteiger partial charge in [-0.1, -0.05) is 18.2 Å². The Morgan fingerprint density at radius 1 is 1.12 bits per heavy atom. The van der Waals surface area contributed by atoms with E-state index in [1.165, 1.54) is 18.5 Å². The zero-order valence-corrected chi connectivity index (χ0v) is 23.9. The van der Waals surface area contributed by atoms with Crippen molar-refractivity contribution < 1.29 is 17.9 Å². The zero-order chi connectivity index (χ0) is 30.3. The van der Waals surface area contributed by atoms with Gasteiger partial charge in [-0.25, -0.2) is 27.3 Å². The quantitative estimate of drug-likeness (QED) is 0.195. The number of aliphatic hydroxyl groups is 1. The molecule has 4 heterocycles. The number of hydrogen-bond donors (Lipinski definition) is 4. The van der Waals surface area contributed by atoms with E-state index < -0.39 is 34.2 Å². The van der Waals surface area contributed by atoms with Crippen molar-refractivity contribution in [2.45, 2.75) is 19.9 Å². The molecule has 220 valence electrons. The topological polar surface area (TPSA) is 159 Å². The van der Waals surface area contributed by atoms with Gasteiger partial charge in [-0.2, -0.15) is 5.10 Å². The number of rotatable bonds is 9. The fourth-order valence-corrected chi connectivity index (χ4v) is 5.88. The number of para-hydroxylation sites is 1. The molecule has 1 atom stereocenters. The van der Waals surface area contributed by atoms with Gasteiger partial charge in [-0.15, -0.1) is 0 Å². The Kier molecular flexibility index (Phi) is 7.15. The lowest BCUT2D eigenvalue weighted by Crippen LogP contribution is -2.29. The van der Waals surface area contributed by atoms with Crippen LogP contribution in [0.25, 0.3) is 33.4 Å². The van der Waals surface area contributed by atoms with Gasteiger partial charge in [0.15, 0.2) is 5.82 Å². The molecule has 0 radical (unpaired) electrons. The predicted molar refractivity (Wildman–Crippen MR) is 161 cm³/mol. The molecule has 0 spiro atoms. The van der Waals surface area contributed by atoms with Gasteiger partial charge in [-0.3, -0.25) is 14.1 Å². The van der Waals surface area contributed by atoms with E-state index in [0.29, 0.717) is 45.0 Å². The molecular weight excluding hydrogens is 575 g/mol. The second kappa shape index (κ2) is 11.0. The molecule has 0 saturated carbocycles. The van der Waals surface area contributed by atoms with Crippen LogP contribution in [-0.2, 0) is 10.0 Å². The Bertz CT molecular complexity index is 2140. The smallest absolute Gasteiger partial charge is 0.282 e. The summed E-state index contributed by atoms with van der Waals surface area (Å²) in [7, 11) is -3.88. The van der Waals surface area contributed by atoms with Crippen LogP contribution in [0.4, 0.5) is 15.9 Å². The van der Waals surface area contributed by atoms with Crippen LogP contribution in [0.5, 0.6) is 0 Å². The van der Waals surface area contributed by atoms with Crippen LogP contribution in [0, 0.1) is 12.7 Å². The molecule has 6 aromatic rings. The number of aliphatic hydroxyl groups excluding tert-OH is 1. The molecule has 4 aromatic heterocycles. The van der Waals surface area contributed by atoms with Crippen LogP contribution < -0.4 is 15.6 Å². The molecule has 12 nitrogen and oxygen atoms in total. The number of nitrogens with one attached hydrogen (secondary N) is 3. The second-order valence-corrected chi connectivity index (χ2v) is 11.9. The number of aromatic amines is 1. The van der Waals surface area contributed by atoms with Crippen LogP contribution in [-0.4, -0.2) is 55.0 Å². The molecule has 0 fully saturated rings. The Labute approximate surface area is 244 Å². The van der Waals surface area contributed by atoms with E-state index >= 15 is 0 Å². The van der Waals surface area contributed by atoms with Crippen LogP contribution in [0.15, 0.2) is 78.1 Å². The average Bonchev–Trinajstić information content (AvgIpc) is 3.57. The van der Waals surface area contributed by atoms with Gasteiger partial charge in [0.25, 0.3) is 5.56 Å². The van der Waals surface area contributed by atoms with Gasteiger partial charge in [0, 0.05) is 18.0 Å². The fraction of sp³-hybridized carbons (Fsp3) is 0.172. The lowest BCUT2D eigenvalue weighted by molar-refractivity contribution is 0.320. The minimum atomic E-state index is -3.88. The Morgan fingerprint density at radius 2 is 1.91 bits per heavy atom. The first kappa shape index (κ1) is 28.1. The average molecular weight is 603 g/mol. The number of sulfonamides is 1. The Hall–Kier alpha value is -5.08. The van der Waals surface area contributed by atoms with Crippen molar-refractivity contribution in [1.29, 1.82) is 0 Å². The van der Waals surface area contributed by atoms with Gasteiger partial charge < -0.3 is 15.4 Å². The molecule has 14 heteroatoms. The highest BCUT2D eigenvalue weighted by Gasteiger charge is 2.22. The minimum Gasteiger partial charge on any atom is -0.395 e. The first-order valence-corrected chi connectivity index (χ1v) is 15.0. The number of aromatic nitrogens is 6. The number of hydrogen-bond acceptors (Lipinski definition) is 8. The highest BCUT2D eigenvalue weighted by molar-refractivity contribution is 7.92. The van der Waals surface area contributed by atoms with Gasteiger partial charge in [0.1, 0.15) is 29.1 Å². The maximum Gasteiger partial charge on any atom is 0.282 e. The monoisotopic (exact) mass is 602 g/mol. The lowest BCUT2D eigenvalue weighted by atomic mass is 10.0. The molecule has 0 aliphatic carbocycles. The SMILES string of the molecule is Cc1ccn2nc([C@H](C)Nc3ncnc4[nH]cc(-c5cc(F)cc(NS(=O)(=O)CCO)c5)c34)n(-c3ccccc3)c(=O)c12. The largest absolute Gasteiger partial charge is 0.395 e. The number of anilines is 2. The summed E-state index contributed by atoms with van der Waals surface area (Å²) in [5, 5.41) is 17.7. The predicted octanol–water partition coefficient (Wildman–Crippen LogP) is 3.78. The molecule has 0 aliphatic heterocycles. The standard InChI is InChI=1S/C29H27FN8O4S/c1-17-8-9-37-25(17)29(40)38(22-6-4-3-5-7-22)28(35-37)18(2)34-27-24-23(15-31-26(24)32-16-33-27)19-12-20(30)14-21(13-19)36-43(41,42)11-10-39/h3-9,12-16,18,36,39H,10-11H2,1-2H3,(H2,31,32,33,34)/t18-/m0/s1. The molecular formula is C29H27FN8O4S. The highest BCUT2D eigenvalue weighted by Crippen LogP contribution is 2.35. The third kappa shape index (κ3) is 5.33. The summed E-state index contributed by atoms with van der Waals surface area (Å²) < 4.78 is 44.5. The minimum absolute atomic E-state index is 0.00363. The van der Waals surface area contributed by atoms with E-state index in [1.54, 1.807) is 21.5 Å². The maximum absolute atomic E-state index is 14.7. The molecule has 0 saturated heterocycles. The van der Waals surface area contributed by atoms with Gasteiger partial charge in [0.2, 0.25) is 10.0 Å². The highest BCUT2D eigenvalue weighted by atomic mass is 32.2. The first-order valence-electron chi connectivity index (χ1n) is 13.3. The van der Waals surface area contributed by atoms with E-state index in [4.69, 9.17) is 10.2 Å². The summed E-state index contributed by atoms with van der Waals surface area (Å²) >= 11 is 0. The number of benzene rings is 2. The summed E-state index contributed by atoms with van der Waals surface area (Å²) in [5.41, 5.74) is 3.03. The molecule has 0 amide bonds. The molecule has 0 bridgehead atoms. The van der Waals surface area contributed by atoms with Crippen molar-refractivity contribution >= 4 is 38.1 Å². The van der Waals surface area contributed by atoms with Crippen molar-refractivity contribution in [2.75, 3.05) is 22.4 Å². The zero-order valence-electron chi connectivity index (χ0n) is 23.1. The first-order chi connectivity index (χ1) is 20.6. The fourth-order valence-electron chi connectivity index (χ4n) is 5.06. The number of H-pyrrole nitrogens is 1. The van der Waals surface area contributed by atoms with E-state index in [-0.39, 0.29) is 11.2 Å². The normalized spacial score (nSPS) is 12.6. The van der Waals surface area contributed by atoms with Crippen LogP contribution >= 0.6 is 0 Å². The molecule has 2 aromatic carbocycles. The molecule has 4 N–H and O–H groups in total. The van der Waals surface area contributed by atoms with Crippen molar-refractivity contribution in [1.82, 2.24) is 29.1 Å². The van der Waals surface area contributed by atoms with Crippen molar-refractivity contribution in [3.63, 3.8) is 0 Å². The molecule has 0 aliphatic rings. The second-order valence-electron chi connectivity index (χ2n) is 10.0. The Balaban J connectivity index is 1.44. The van der Waals surface area contributed by atoms with E-state index in [9.17, 15) is 17.6 Å². The summed E-state index contributed by atoms with van der Waals surface area (Å²) in [6, 6.07) is 14.3. The van der Waals surface area contributed by atoms with Crippen molar-refractivity contribution in [2.24, 2.45) is 0 Å². The van der Waals surface area contributed by atoms with Crippen LogP contribution in [0.1, 0.15) is 24.4 Å². The molecule has 0 unspecified atom stereocenters. The number of halogens is 1. The third-order valence-corrected chi connectivity index (χ3v) is 8.25. The number of fused-ring (bicyclic) bond motifs is 2. The van der Waals surface area contributed by atoms with Crippen LogP contribution in [0.3, 0.4) is 0 Å². The van der Waals surface area contributed by atoms with Gasteiger partial charge in [-0.05, 0) is 61.4 Å². The summed E-state index contributed by atoms with van der Waals surface area (Å²) in [4.78, 5) is 25.6. The molecule has 43 heavy (non-hydrogen) atoms. The van der Waals surface area contributed by atoms with E-state index in [2.05, 4.69) is 25.0 Å². The van der Waals surface area contributed by atoms with E-state index in [0.717, 1.165) is 11.6 Å².